The van der Waals surface area contributed by atoms with Crippen molar-refractivity contribution in [1.29, 1.82) is 0 Å². The maximum atomic E-state index is 12.6. The van der Waals surface area contributed by atoms with Crippen molar-refractivity contribution in [1.82, 2.24) is 9.80 Å². The van der Waals surface area contributed by atoms with Crippen LogP contribution in [0.2, 0.25) is 10.0 Å². The third-order valence-corrected chi connectivity index (χ3v) is 5.06. The van der Waals surface area contributed by atoms with E-state index < -0.39 is 0 Å². The van der Waals surface area contributed by atoms with Gasteiger partial charge in [-0.15, -0.1) is 0 Å². The number of amides is 2. The molecular weight excluding hydrogens is 347 g/mol. The van der Waals surface area contributed by atoms with Gasteiger partial charge in [0.05, 0.1) is 10.6 Å². The molecule has 1 fully saturated rings. The van der Waals surface area contributed by atoms with Gasteiger partial charge in [0, 0.05) is 37.6 Å². The molecule has 0 N–H and O–H groups in total. The van der Waals surface area contributed by atoms with Crippen molar-refractivity contribution >= 4 is 35.0 Å². The second-order valence-corrected chi connectivity index (χ2v) is 7.15. The normalized spacial score (nSPS) is 15.4. The largest absolute Gasteiger partial charge is 0.346 e. The van der Waals surface area contributed by atoms with Crippen molar-refractivity contribution in [3.63, 3.8) is 0 Å². The van der Waals surface area contributed by atoms with Gasteiger partial charge in [-0.25, -0.2) is 0 Å². The molecule has 0 spiro atoms. The molecule has 2 amide bonds. The van der Waals surface area contributed by atoms with Gasteiger partial charge in [0.25, 0.3) is 5.91 Å². The van der Waals surface area contributed by atoms with Crippen LogP contribution in [0, 0.1) is 5.92 Å². The number of hydrogen-bond acceptors (Lipinski definition) is 2. The lowest BCUT2D eigenvalue weighted by molar-refractivity contribution is -0.135. The first kappa shape index (κ1) is 19.1. The zero-order valence-electron chi connectivity index (χ0n) is 14.2. The average Bonchev–Trinajstić information content (AvgIpc) is 2.58. The molecule has 0 unspecified atom stereocenters. The van der Waals surface area contributed by atoms with E-state index in [0.717, 1.165) is 19.4 Å². The lowest BCUT2D eigenvalue weighted by atomic mass is 9.94. The molecule has 4 nitrogen and oxygen atoms in total. The summed E-state index contributed by atoms with van der Waals surface area (Å²) in [6.07, 6.45) is 3.50. The maximum Gasteiger partial charge on any atom is 0.255 e. The minimum absolute atomic E-state index is 0.0107. The van der Waals surface area contributed by atoms with E-state index in [9.17, 15) is 9.59 Å². The molecule has 0 aromatic heterocycles. The van der Waals surface area contributed by atoms with Crippen LogP contribution in [0.15, 0.2) is 18.2 Å². The molecule has 0 aliphatic carbocycles. The van der Waals surface area contributed by atoms with E-state index in [4.69, 9.17) is 23.2 Å². The SMILES string of the molecule is CCCCN(C)C(=O)C1CCN(C(=O)c2ccc(Cl)cc2Cl)CC1. The molecule has 0 atom stereocenters. The quantitative estimate of drug-likeness (QED) is 0.782. The molecular formula is C18H24Cl2N2O2. The summed E-state index contributed by atoms with van der Waals surface area (Å²) in [4.78, 5) is 28.6. The number of hydrogen-bond donors (Lipinski definition) is 0. The third-order valence-electron chi connectivity index (χ3n) is 4.52. The third kappa shape index (κ3) is 4.64. The number of halogens is 2. The second-order valence-electron chi connectivity index (χ2n) is 6.30. The van der Waals surface area contributed by atoms with Crippen LogP contribution in [0.3, 0.4) is 0 Å². The van der Waals surface area contributed by atoms with Gasteiger partial charge in [0.2, 0.25) is 5.91 Å². The van der Waals surface area contributed by atoms with E-state index in [1.165, 1.54) is 0 Å². The number of carbonyl (C=O) groups excluding carboxylic acids is 2. The smallest absolute Gasteiger partial charge is 0.255 e. The number of carbonyl (C=O) groups is 2. The Morgan fingerprint density at radius 1 is 1.25 bits per heavy atom. The van der Waals surface area contributed by atoms with Crippen LogP contribution in [0.25, 0.3) is 0 Å². The summed E-state index contributed by atoms with van der Waals surface area (Å²) in [5, 5.41) is 0.876. The van der Waals surface area contributed by atoms with Crippen LogP contribution in [0.4, 0.5) is 0 Å². The van der Waals surface area contributed by atoms with Crippen molar-refractivity contribution in [2.75, 3.05) is 26.7 Å². The molecule has 2 rings (SSSR count). The maximum absolute atomic E-state index is 12.6. The Labute approximate surface area is 153 Å². The second kappa shape index (κ2) is 8.72. The van der Waals surface area contributed by atoms with Gasteiger partial charge >= 0.3 is 0 Å². The molecule has 132 valence electrons. The minimum Gasteiger partial charge on any atom is -0.346 e. The Hall–Kier alpha value is -1.26. The van der Waals surface area contributed by atoms with Crippen molar-refractivity contribution in [3.05, 3.63) is 33.8 Å². The first-order valence-electron chi connectivity index (χ1n) is 8.43. The lowest BCUT2D eigenvalue weighted by Crippen LogP contribution is -2.43. The summed E-state index contributed by atoms with van der Waals surface area (Å²) in [6.45, 7) is 4.07. The van der Waals surface area contributed by atoms with Gasteiger partial charge in [-0.05, 0) is 37.5 Å². The Kier molecular flexibility index (Phi) is 6.93. The van der Waals surface area contributed by atoms with Crippen molar-refractivity contribution in [2.45, 2.75) is 32.6 Å². The Bertz CT molecular complexity index is 599. The van der Waals surface area contributed by atoms with Crippen LogP contribution in [-0.4, -0.2) is 48.3 Å². The van der Waals surface area contributed by atoms with E-state index in [0.29, 0.717) is 41.5 Å². The number of unbranched alkanes of at least 4 members (excludes halogenated alkanes) is 1. The van der Waals surface area contributed by atoms with Crippen molar-refractivity contribution in [3.8, 4) is 0 Å². The van der Waals surface area contributed by atoms with Crippen LogP contribution in [0.5, 0.6) is 0 Å². The molecule has 1 aromatic carbocycles. The van der Waals surface area contributed by atoms with Gasteiger partial charge in [-0.2, -0.15) is 0 Å². The molecule has 0 bridgehead atoms. The first-order valence-corrected chi connectivity index (χ1v) is 9.19. The van der Waals surface area contributed by atoms with Gasteiger partial charge < -0.3 is 9.80 Å². The fraction of sp³-hybridized carbons (Fsp3) is 0.556. The lowest BCUT2D eigenvalue weighted by Gasteiger charge is -2.33. The number of nitrogens with zero attached hydrogens (tertiary/aromatic N) is 2. The average molecular weight is 371 g/mol. The number of piperidine rings is 1. The minimum atomic E-state index is -0.0955. The summed E-state index contributed by atoms with van der Waals surface area (Å²) < 4.78 is 0. The highest BCUT2D eigenvalue weighted by Crippen LogP contribution is 2.25. The zero-order valence-corrected chi connectivity index (χ0v) is 15.7. The highest BCUT2D eigenvalue weighted by atomic mass is 35.5. The van der Waals surface area contributed by atoms with Crippen LogP contribution in [-0.2, 0) is 4.79 Å². The zero-order chi connectivity index (χ0) is 17.7. The molecule has 1 heterocycles. The summed E-state index contributed by atoms with van der Waals surface area (Å²) in [5.74, 6) is 0.110. The van der Waals surface area contributed by atoms with Gasteiger partial charge in [0.15, 0.2) is 0 Å². The predicted octanol–water partition coefficient (Wildman–Crippen LogP) is 4.10. The summed E-state index contributed by atoms with van der Waals surface area (Å²) in [6, 6.07) is 4.90. The monoisotopic (exact) mass is 370 g/mol. The standard InChI is InChI=1S/C18H24Cl2N2O2/c1-3-4-9-21(2)17(23)13-7-10-22(11-8-13)18(24)15-6-5-14(19)12-16(15)20/h5-6,12-13H,3-4,7-11H2,1-2H3. The van der Waals surface area contributed by atoms with Crippen LogP contribution in [0.1, 0.15) is 43.0 Å². The van der Waals surface area contributed by atoms with Crippen LogP contribution >= 0.6 is 23.2 Å². The summed E-state index contributed by atoms with van der Waals surface area (Å²) in [5.41, 5.74) is 0.464. The van der Waals surface area contributed by atoms with Gasteiger partial charge in [-0.3, -0.25) is 9.59 Å². The Morgan fingerprint density at radius 3 is 2.50 bits per heavy atom. The molecule has 0 saturated carbocycles. The van der Waals surface area contributed by atoms with Gasteiger partial charge in [-0.1, -0.05) is 36.5 Å². The van der Waals surface area contributed by atoms with E-state index >= 15 is 0 Å². The molecule has 1 saturated heterocycles. The Morgan fingerprint density at radius 2 is 1.92 bits per heavy atom. The van der Waals surface area contributed by atoms with Crippen molar-refractivity contribution in [2.24, 2.45) is 5.92 Å². The predicted molar refractivity (Wildman–Crippen MR) is 97.6 cm³/mol. The van der Waals surface area contributed by atoms with Crippen LogP contribution < -0.4 is 0 Å². The van der Waals surface area contributed by atoms with Gasteiger partial charge in [0.1, 0.15) is 0 Å². The molecule has 6 heteroatoms. The van der Waals surface area contributed by atoms with E-state index in [-0.39, 0.29) is 17.7 Å². The molecule has 1 aromatic rings. The molecule has 1 aliphatic heterocycles. The first-order chi connectivity index (χ1) is 11.4. The fourth-order valence-corrected chi connectivity index (χ4v) is 3.47. The number of rotatable bonds is 5. The number of benzene rings is 1. The summed E-state index contributed by atoms with van der Waals surface area (Å²) >= 11 is 12.0. The molecule has 24 heavy (non-hydrogen) atoms. The summed E-state index contributed by atoms with van der Waals surface area (Å²) in [7, 11) is 1.86. The van der Waals surface area contributed by atoms with E-state index in [1.807, 2.05) is 11.9 Å². The van der Waals surface area contributed by atoms with E-state index in [1.54, 1.807) is 23.1 Å². The van der Waals surface area contributed by atoms with Crippen molar-refractivity contribution < 1.29 is 9.59 Å². The topological polar surface area (TPSA) is 40.6 Å². The highest BCUT2D eigenvalue weighted by Gasteiger charge is 2.29. The molecule has 1 aliphatic rings. The Balaban J connectivity index is 1.92. The fourth-order valence-electron chi connectivity index (χ4n) is 2.98. The molecule has 0 radical (unpaired) electrons. The van der Waals surface area contributed by atoms with E-state index in [2.05, 4.69) is 6.92 Å². The number of likely N-dealkylation sites (tertiary alicyclic amines) is 1. The highest BCUT2D eigenvalue weighted by molar-refractivity contribution is 6.36.